The van der Waals surface area contributed by atoms with Crippen LogP contribution in [0.15, 0.2) is 11.4 Å². The number of hydrogen-bond acceptors (Lipinski definition) is 6. The first-order chi connectivity index (χ1) is 8.74. The zero-order valence-electron chi connectivity index (χ0n) is 10.3. The SMILES string of the molecule is CN(Cc1nc(N)c2ccsc2n1)C1CCOC1. The molecule has 3 rings (SSSR count). The summed E-state index contributed by atoms with van der Waals surface area (Å²) >= 11 is 1.60. The van der Waals surface area contributed by atoms with E-state index in [-0.39, 0.29) is 0 Å². The standard InChI is InChI=1S/C12H16N4OS/c1-16(8-2-4-17-7-8)6-10-14-11(13)9-3-5-18-12(9)15-10/h3,5,8H,2,4,6-7H2,1H3,(H2,13,14,15). The molecule has 1 unspecified atom stereocenters. The second-order valence-electron chi connectivity index (χ2n) is 4.60. The number of nitrogen functional groups attached to an aromatic ring is 1. The van der Waals surface area contributed by atoms with Gasteiger partial charge in [-0.3, -0.25) is 4.90 Å². The summed E-state index contributed by atoms with van der Waals surface area (Å²) in [5, 5.41) is 2.95. The maximum atomic E-state index is 5.94. The predicted molar refractivity (Wildman–Crippen MR) is 72.5 cm³/mol. The van der Waals surface area contributed by atoms with Gasteiger partial charge in [0.2, 0.25) is 0 Å². The molecule has 6 heteroatoms. The number of thiophene rings is 1. The first kappa shape index (κ1) is 11.8. The molecule has 1 atom stereocenters. The van der Waals surface area contributed by atoms with Gasteiger partial charge in [0.15, 0.2) is 0 Å². The summed E-state index contributed by atoms with van der Waals surface area (Å²) in [7, 11) is 2.08. The minimum absolute atomic E-state index is 0.467. The van der Waals surface area contributed by atoms with Crippen molar-refractivity contribution < 1.29 is 4.74 Å². The zero-order valence-corrected chi connectivity index (χ0v) is 11.1. The van der Waals surface area contributed by atoms with Crippen molar-refractivity contribution in [3.8, 4) is 0 Å². The lowest BCUT2D eigenvalue weighted by Gasteiger charge is -2.21. The number of ether oxygens (including phenoxy) is 1. The number of likely N-dealkylation sites (N-methyl/N-ethyl adjacent to an activating group) is 1. The van der Waals surface area contributed by atoms with Crippen LogP contribution in [0.25, 0.3) is 10.2 Å². The van der Waals surface area contributed by atoms with Gasteiger partial charge in [-0.05, 0) is 24.9 Å². The van der Waals surface area contributed by atoms with Gasteiger partial charge in [0.05, 0.1) is 18.5 Å². The first-order valence-electron chi connectivity index (χ1n) is 6.01. The zero-order chi connectivity index (χ0) is 12.5. The lowest BCUT2D eigenvalue weighted by atomic mass is 10.2. The molecule has 2 aromatic rings. The third kappa shape index (κ3) is 2.19. The Balaban J connectivity index is 1.81. The van der Waals surface area contributed by atoms with Crippen molar-refractivity contribution in [2.75, 3.05) is 26.0 Å². The van der Waals surface area contributed by atoms with E-state index < -0.39 is 0 Å². The van der Waals surface area contributed by atoms with Crippen LogP contribution in [-0.2, 0) is 11.3 Å². The topological polar surface area (TPSA) is 64.3 Å². The minimum Gasteiger partial charge on any atom is -0.383 e. The fourth-order valence-corrected chi connectivity index (χ4v) is 3.01. The summed E-state index contributed by atoms with van der Waals surface area (Å²) in [6.45, 7) is 2.36. The van der Waals surface area contributed by atoms with Crippen molar-refractivity contribution in [3.63, 3.8) is 0 Å². The van der Waals surface area contributed by atoms with Gasteiger partial charge in [0.25, 0.3) is 0 Å². The number of nitrogens with two attached hydrogens (primary N) is 1. The molecule has 1 saturated heterocycles. The van der Waals surface area contributed by atoms with Gasteiger partial charge >= 0.3 is 0 Å². The van der Waals surface area contributed by atoms with Crippen LogP contribution in [-0.4, -0.2) is 41.2 Å². The number of aromatic nitrogens is 2. The van der Waals surface area contributed by atoms with Gasteiger partial charge < -0.3 is 10.5 Å². The first-order valence-corrected chi connectivity index (χ1v) is 6.89. The quantitative estimate of drug-likeness (QED) is 0.910. The second-order valence-corrected chi connectivity index (χ2v) is 5.49. The number of rotatable bonds is 3. The molecule has 0 amide bonds. The molecule has 1 fully saturated rings. The monoisotopic (exact) mass is 264 g/mol. The van der Waals surface area contributed by atoms with Crippen LogP contribution in [0.2, 0.25) is 0 Å². The maximum Gasteiger partial charge on any atom is 0.146 e. The number of hydrogen-bond donors (Lipinski definition) is 1. The van der Waals surface area contributed by atoms with Gasteiger partial charge in [-0.25, -0.2) is 9.97 Å². The van der Waals surface area contributed by atoms with Crippen LogP contribution in [0.5, 0.6) is 0 Å². The summed E-state index contributed by atoms with van der Waals surface area (Å²) in [5.41, 5.74) is 5.94. The normalized spacial score (nSPS) is 20.0. The molecule has 3 heterocycles. The molecule has 0 aliphatic carbocycles. The van der Waals surface area contributed by atoms with Crippen molar-refractivity contribution in [1.29, 1.82) is 0 Å². The van der Waals surface area contributed by atoms with E-state index in [0.29, 0.717) is 18.4 Å². The van der Waals surface area contributed by atoms with E-state index in [1.54, 1.807) is 11.3 Å². The van der Waals surface area contributed by atoms with Crippen LogP contribution < -0.4 is 5.73 Å². The average Bonchev–Trinajstić information content (AvgIpc) is 2.99. The van der Waals surface area contributed by atoms with Crippen LogP contribution in [0.3, 0.4) is 0 Å². The molecule has 0 saturated carbocycles. The highest BCUT2D eigenvalue weighted by molar-refractivity contribution is 7.16. The highest BCUT2D eigenvalue weighted by Crippen LogP contribution is 2.23. The predicted octanol–water partition coefficient (Wildman–Crippen LogP) is 1.49. The number of fused-ring (bicyclic) bond motifs is 1. The molecule has 18 heavy (non-hydrogen) atoms. The largest absolute Gasteiger partial charge is 0.383 e. The Kier molecular flexibility index (Phi) is 3.15. The van der Waals surface area contributed by atoms with Gasteiger partial charge in [0, 0.05) is 12.6 Å². The van der Waals surface area contributed by atoms with Crippen molar-refractivity contribution in [2.24, 2.45) is 0 Å². The molecule has 2 N–H and O–H groups in total. The fraction of sp³-hybridized carbons (Fsp3) is 0.500. The van der Waals surface area contributed by atoms with E-state index in [2.05, 4.69) is 21.9 Å². The Bertz CT molecular complexity index is 550. The lowest BCUT2D eigenvalue weighted by Crippen LogP contribution is -2.32. The smallest absolute Gasteiger partial charge is 0.146 e. The molecule has 0 bridgehead atoms. The Labute approximate surface area is 110 Å². The van der Waals surface area contributed by atoms with E-state index >= 15 is 0 Å². The highest BCUT2D eigenvalue weighted by Gasteiger charge is 2.21. The van der Waals surface area contributed by atoms with E-state index in [0.717, 1.165) is 35.7 Å². The third-order valence-corrected chi connectivity index (χ3v) is 4.13. The Morgan fingerprint density at radius 2 is 2.44 bits per heavy atom. The molecule has 0 aromatic carbocycles. The summed E-state index contributed by atoms with van der Waals surface area (Å²) in [5.74, 6) is 1.36. The average molecular weight is 264 g/mol. The Hall–Kier alpha value is -1.24. The molecular weight excluding hydrogens is 248 g/mol. The van der Waals surface area contributed by atoms with Crippen LogP contribution >= 0.6 is 11.3 Å². The van der Waals surface area contributed by atoms with Crippen molar-refractivity contribution in [2.45, 2.75) is 19.0 Å². The minimum atomic E-state index is 0.467. The van der Waals surface area contributed by atoms with Gasteiger partial charge in [-0.1, -0.05) is 0 Å². The summed E-state index contributed by atoms with van der Waals surface area (Å²) in [6.07, 6.45) is 1.08. The second kappa shape index (κ2) is 4.79. The van der Waals surface area contributed by atoms with Crippen LogP contribution in [0, 0.1) is 0 Å². The molecule has 0 spiro atoms. The van der Waals surface area contributed by atoms with Crippen molar-refractivity contribution in [1.82, 2.24) is 14.9 Å². The Morgan fingerprint density at radius 3 is 3.22 bits per heavy atom. The molecule has 5 nitrogen and oxygen atoms in total. The van der Waals surface area contributed by atoms with Crippen molar-refractivity contribution >= 4 is 27.4 Å². The summed E-state index contributed by atoms with van der Waals surface area (Å²) < 4.78 is 5.39. The maximum absolute atomic E-state index is 5.94. The fourth-order valence-electron chi connectivity index (χ4n) is 2.22. The van der Waals surface area contributed by atoms with E-state index in [1.807, 2.05) is 11.4 Å². The number of nitrogens with zero attached hydrogens (tertiary/aromatic N) is 3. The van der Waals surface area contributed by atoms with Crippen LogP contribution in [0.4, 0.5) is 5.82 Å². The van der Waals surface area contributed by atoms with E-state index in [4.69, 9.17) is 10.5 Å². The lowest BCUT2D eigenvalue weighted by molar-refractivity contribution is 0.155. The highest BCUT2D eigenvalue weighted by atomic mass is 32.1. The molecule has 96 valence electrons. The molecule has 1 aliphatic rings. The van der Waals surface area contributed by atoms with Crippen LogP contribution in [0.1, 0.15) is 12.2 Å². The Morgan fingerprint density at radius 1 is 1.56 bits per heavy atom. The molecule has 2 aromatic heterocycles. The van der Waals surface area contributed by atoms with Gasteiger partial charge in [-0.15, -0.1) is 11.3 Å². The van der Waals surface area contributed by atoms with Crippen molar-refractivity contribution in [3.05, 3.63) is 17.3 Å². The third-order valence-electron chi connectivity index (χ3n) is 3.32. The van der Waals surface area contributed by atoms with Gasteiger partial charge in [0.1, 0.15) is 16.5 Å². The molecule has 1 aliphatic heterocycles. The summed E-state index contributed by atoms with van der Waals surface area (Å²) in [6, 6.07) is 2.43. The summed E-state index contributed by atoms with van der Waals surface area (Å²) in [4.78, 5) is 12.1. The molecular formula is C12H16N4OS. The molecule has 0 radical (unpaired) electrons. The van der Waals surface area contributed by atoms with Gasteiger partial charge in [-0.2, -0.15) is 0 Å². The van der Waals surface area contributed by atoms with E-state index in [9.17, 15) is 0 Å². The van der Waals surface area contributed by atoms with E-state index in [1.165, 1.54) is 0 Å². The number of anilines is 1.